The molecule has 0 bridgehead atoms. The Bertz CT molecular complexity index is 357. The van der Waals surface area contributed by atoms with Crippen LogP contribution in [0.1, 0.15) is 30.4 Å². The Morgan fingerprint density at radius 2 is 2.00 bits per heavy atom. The molecule has 0 aliphatic heterocycles. The summed E-state index contributed by atoms with van der Waals surface area (Å²) >= 11 is 12.3. The van der Waals surface area contributed by atoms with Gasteiger partial charge in [0.1, 0.15) is 10.6 Å². The number of ether oxygens (including phenoxy) is 1. The molecule has 3 nitrogen and oxygen atoms in total. The van der Waals surface area contributed by atoms with Gasteiger partial charge in [0, 0.05) is 0 Å². The van der Waals surface area contributed by atoms with E-state index in [9.17, 15) is 4.79 Å². The Kier molecular flexibility index (Phi) is 3.40. The van der Waals surface area contributed by atoms with Gasteiger partial charge in [0.05, 0.1) is 0 Å². The van der Waals surface area contributed by atoms with Crippen molar-refractivity contribution in [3.8, 4) is 0 Å². The molecule has 0 aliphatic rings. The summed E-state index contributed by atoms with van der Waals surface area (Å²) in [6, 6.07) is 0. The van der Waals surface area contributed by atoms with E-state index in [1.807, 2.05) is 0 Å². The predicted molar refractivity (Wildman–Crippen MR) is 57.3 cm³/mol. The van der Waals surface area contributed by atoms with E-state index in [0.29, 0.717) is 0 Å². The Balaban J connectivity index is 2.86. The standard InChI is InChI=1S/C8H9Cl2NO2S/c1-8(2,3)13-7(12)5-4(9)6(10)11-14-5/h1-3H3. The molecule has 6 heteroatoms. The first-order valence-electron chi connectivity index (χ1n) is 3.85. The largest absolute Gasteiger partial charge is 0.456 e. The number of aromatic nitrogens is 1. The average Bonchev–Trinajstić information content (AvgIpc) is 2.29. The normalized spacial score (nSPS) is 11.5. The van der Waals surface area contributed by atoms with E-state index in [0.717, 1.165) is 11.5 Å². The fraction of sp³-hybridized carbons (Fsp3) is 0.500. The van der Waals surface area contributed by atoms with Gasteiger partial charge >= 0.3 is 5.97 Å². The van der Waals surface area contributed by atoms with Crippen LogP contribution < -0.4 is 0 Å². The van der Waals surface area contributed by atoms with Crippen molar-refractivity contribution < 1.29 is 9.53 Å². The van der Waals surface area contributed by atoms with Crippen molar-refractivity contribution in [3.63, 3.8) is 0 Å². The zero-order valence-electron chi connectivity index (χ0n) is 7.93. The van der Waals surface area contributed by atoms with Gasteiger partial charge < -0.3 is 4.74 Å². The number of hydrogen-bond acceptors (Lipinski definition) is 4. The van der Waals surface area contributed by atoms with Crippen LogP contribution in [0, 0.1) is 0 Å². The summed E-state index contributed by atoms with van der Waals surface area (Å²) in [6.45, 7) is 5.34. The highest BCUT2D eigenvalue weighted by Gasteiger charge is 2.23. The van der Waals surface area contributed by atoms with E-state index in [1.54, 1.807) is 20.8 Å². The predicted octanol–water partition coefficient (Wildman–Crippen LogP) is 3.41. The average molecular weight is 254 g/mol. The molecule has 0 spiro atoms. The molecular weight excluding hydrogens is 245 g/mol. The van der Waals surface area contributed by atoms with E-state index < -0.39 is 11.6 Å². The molecule has 0 radical (unpaired) electrons. The summed E-state index contributed by atoms with van der Waals surface area (Å²) in [6.07, 6.45) is 0. The van der Waals surface area contributed by atoms with Crippen molar-refractivity contribution in [2.24, 2.45) is 0 Å². The molecule has 0 atom stereocenters. The van der Waals surface area contributed by atoms with Crippen LogP contribution in [0.2, 0.25) is 10.2 Å². The third kappa shape index (κ3) is 2.83. The van der Waals surface area contributed by atoms with E-state index in [4.69, 9.17) is 27.9 Å². The fourth-order valence-corrected chi connectivity index (χ4v) is 1.79. The van der Waals surface area contributed by atoms with E-state index >= 15 is 0 Å². The molecule has 0 saturated heterocycles. The molecule has 0 unspecified atom stereocenters. The van der Waals surface area contributed by atoms with Crippen molar-refractivity contribution in [2.45, 2.75) is 26.4 Å². The lowest BCUT2D eigenvalue weighted by Gasteiger charge is -2.18. The number of carbonyl (C=O) groups is 1. The number of rotatable bonds is 1. The van der Waals surface area contributed by atoms with Crippen LogP contribution in [0.15, 0.2) is 0 Å². The topological polar surface area (TPSA) is 39.2 Å². The fourth-order valence-electron chi connectivity index (χ4n) is 0.711. The second-order valence-corrected chi connectivity index (χ2v) is 5.13. The number of esters is 1. The third-order valence-corrected chi connectivity index (χ3v) is 2.96. The maximum Gasteiger partial charge on any atom is 0.352 e. The van der Waals surface area contributed by atoms with Gasteiger partial charge in [-0.3, -0.25) is 0 Å². The number of hydrogen-bond donors (Lipinski definition) is 0. The van der Waals surface area contributed by atoms with Gasteiger partial charge in [0.2, 0.25) is 0 Å². The van der Waals surface area contributed by atoms with Crippen LogP contribution in [0.4, 0.5) is 0 Å². The summed E-state index contributed by atoms with van der Waals surface area (Å²) in [7, 11) is 0. The molecule has 1 aromatic rings. The highest BCUT2D eigenvalue weighted by Crippen LogP contribution is 2.29. The summed E-state index contributed by atoms with van der Waals surface area (Å²) in [5.41, 5.74) is -0.545. The number of halogens is 2. The van der Waals surface area contributed by atoms with Crippen molar-refractivity contribution in [1.29, 1.82) is 0 Å². The quantitative estimate of drug-likeness (QED) is 0.721. The third-order valence-electron chi connectivity index (χ3n) is 1.18. The summed E-state index contributed by atoms with van der Waals surface area (Å²) in [5, 5.41) is 0.295. The first-order chi connectivity index (χ1) is 6.31. The summed E-state index contributed by atoms with van der Waals surface area (Å²) in [5.74, 6) is -0.494. The van der Waals surface area contributed by atoms with Crippen LogP contribution in [-0.4, -0.2) is 15.9 Å². The second kappa shape index (κ2) is 4.04. The molecule has 1 rings (SSSR count). The monoisotopic (exact) mass is 253 g/mol. The van der Waals surface area contributed by atoms with Gasteiger partial charge in [-0.1, -0.05) is 23.2 Å². The lowest BCUT2D eigenvalue weighted by molar-refractivity contribution is 0.00754. The first kappa shape index (κ1) is 11.8. The molecular formula is C8H9Cl2NO2S. The maximum atomic E-state index is 11.5. The second-order valence-electron chi connectivity index (χ2n) is 3.62. The molecule has 0 fully saturated rings. The minimum absolute atomic E-state index is 0.137. The van der Waals surface area contributed by atoms with Gasteiger partial charge in [-0.15, -0.1) is 0 Å². The highest BCUT2D eigenvalue weighted by atomic mass is 35.5. The van der Waals surface area contributed by atoms with E-state index in [2.05, 4.69) is 4.37 Å². The molecule has 1 heterocycles. The van der Waals surface area contributed by atoms with Crippen molar-refractivity contribution in [3.05, 3.63) is 15.1 Å². The Labute approximate surface area is 96.1 Å². The molecule has 78 valence electrons. The highest BCUT2D eigenvalue weighted by molar-refractivity contribution is 7.09. The van der Waals surface area contributed by atoms with Crippen LogP contribution >= 0.6 is 34.7 Å². The molecule has 14 heavy (non-hydrogen) atoms. The van der Waals surface area contributed by atoms with Crippen LogP contribution in [0.3, 0.4) is 0 Å². The number of nitrogens with zero attached hydrogens (tertiary/aromatic N) is 1. The smallest absolute Gasteiger partial charge is 0.352 e. The van der Waals surface area contributed by atoms with Crippen molar-refractivity contribution in [1.82, 2.24) is 4.37 Å². The lowest BCUT2D eigenvalue weighted by Crippen LogP contribution is -2.23. The molecule has 0 N–H and O–H groups in total. The van der Waals surface area contributed by atoms with E-state index in [1.165, 1.54) is 0 Å². The Morgan fingerprint density at radius 1 is 1.43 bits per heavy atom. The SMILES string of the molecule is CC(C)(C)OC(=O)c1snc(Cl)c1Cl. The van der Waals surface area contributed by atoms with Crippen LogP contribution in [0.25, 0.3) is 0 Å². The van der Waals surface area contributed by atoms with Gasteiger partial charge in [0.25, 0.3) is 0 Å². The zero-order chi connectivity index (χ0) is 10.9. The molecule has 0 aliphatic carbocycles. The van der Waals surface area contributed by atoms with E-state index in [-0.39, 0.29) is 15.1 Å². The molecule has 0 aromatic carbocycles. The minimum atomic E-state index is -0.545. The van der Waals surface area contributed by atoms with Crippen molar-refractivity contribution in [2.75, 3.05) is 0 Å². The lowest BCUT2D eigenvalue weighted by atomic mass is 10.2. The minimum Gasteiger partial charge on any atom is -0.456 e. The Hall–Kier alpha value is -0.320. The zero-order valence-corrected chi connectivity index (χ0v) is 10.3. The maximum absolute atomic E-state index is 11.5. The van der Waals surface area contributed by atoms with Crippen molar-refractivity contribution >= 4 is 40.7 Å². The number of carbonyl (C=O) groups excluding carboxylic acids is 1. The molecule has 0 amide bonds. The van der Waals surface area contributed by atoms with Gasteiger partial charge in [-0.05, 0) is 32.3 Å². The molecule has 0 saturated carbocycles. The van der Waals surface area contributed by atoms with Gasteiger partial charge in [-0.2, -0.15) is 4.37 Å². The van der Waals surface area contributed by atoms with Crippen LogP contribution in [-0.2, 0) is 4.74 Å². The van der Waals surface area contributed by atoms with Gasteiger partial charge in [0.15, 0.2) is 10.0 Å². The Morgan fingerprint density at radius 3 is 2.36 bits per heavy atom. The van der Waals surface area contributed by atoms with Gasteiger partial charge in [-0.25, -0.2) is 4.79 Å². The summed E-state index contributed by atoms with van der Waals surface area (Å²) in [4.78, 5) is 11.7. The summed E-state index contributed by atoms with van der Waals surface area (Å²) < 4.78 is 8.85. The molecule has 1 aromatic heterocycles. The van der Waals surface area contributed by atoms with Crippen LogP contribution in [0.5, 0.6) is 0 Å². The first-order valence-corrected chi connectivity index (χ1v) is 5.38.